The maximum absolute atomic E-state index is 4.05. The highest BCUT2D eigenvalue weighted by atomic mass is 32.1. The van der Waals surface area contributed by atoms with E-state index < -0.39 is 0 Å². The molecule has 0 saturated carbocycles. The Morgan fingerprint density at radius 3 is 2.94 bits per heavy atom. The third kappa shape index (κ3) is 2.65. The van der Waals surface area contributed by atoms with Crippen molar-refractivity contribution in [2.45, 2.75) is 26.4 Å². The summed E-state index contributed by atoms with van der Waals surface area (Å²) in [5.41, 5.74) is 2.33. The van der Waals surface area contributed by atoms with Crippen molar-refractivity contribution in [2.75, 3.05) is 0 Å². The predicted octanol–water partition coefficient (Wildman–Crippen LogP) is 2.70. The van der Waals surface area contributed by atoms with Gasteiger partial charge in [-0.15, -0.1) is 11.3 Å². The van der Waals surface area contributed by atoms with Gasteiger partial charge in [0.1, 0.15) is 0 Å². The molecule has 84 valence electrons. The molecule has 0 radical (unpaired) electrons. The van der Waals surface area contributed by atoms with Crippen molar-refractivity contribution in [3.63, 3.8) is 0 Å². The molecule has 2 aromatic rings. The molecule has 0 aliphatic carbocycles. The summed E-state index contributed by atoms with van der Waals surface area (Å²) in [6.45, 7) is 5.08. The smallest absolute Gasteiger partial charge is 0.0769 e. The van der Waals surface area contributed by atoms with Crippen LogP contribution in [0.4, 0.5) is 0 Å². The molecule has 0 bridgehead atoms. The van der Waals surface area contributed by atoms with Crippen LogP contribution in [0.15, 0.2) is 29.8 Å². The Hall–Kier alpha value is -1.26. The Balaban J connectivity index is 1.94. The van der Waals surface area contributed by atoms with Gasteiger partial charge in [0.2, 0.25) is 0 Å². The Bertz CT molecular complexity index is 439. The summed E-state index contributed by atoms with van der Waals surface area (Å²) in [5.74, 6) is 0. The Morgan fingerprint density at radius 2 is 2.31 bits per heavy atom. The van der Waals surface area contributed by atoms with Gasteiger partial charge < -0.3 is 5.32 Å². The van der Waals surface area contributed by atoms with E-state index in [0.29, 0.717) is 6.04 Å². The van der Waals surface area contributed by atoms with Gasteiger partial charge in [-0.2, -0.15) is 10.2 Å². The highest BCUT2D eigenvalue weighted by molar-refractivity contribution is 7.10. The van der Waals surface area contributed by atoms with Gasteiger partial charge in [-0.1, -0.05) is 0 Å². The van der Waals surface area contributed by atoms with Crippen LogP contribution < -0.4 is 5.32 Å². The summed E-state index contributed by atoms with van der Waals surface area (Å²) in [7, 11) is 0. The first-order valence-electron chi connectivity index (χ1n) is 5.31. The van der Waals surface area contributed by atoms with Crippen molar-refractivity contribution in [2.24, 2.45) is 0 Å². The molecule has 2 aromatic heterocycles. The maximum Gasteiger partial charge on any atom is 0.0769 e. The molecule has 4 heteroatoms. The highest BCUT2D eigenvalue weighted by Crippen LogP contribution is 2.23. The topological polar surface area (TPSA) is 37.8 Å². The summed E-state index contributed by atoms with van der Waals surface area (Å²) in [5, 5.41) is 13.5. The van der Waals surface area contributed by atoms with Crippen LogP contribution in [-0.4, -0.2) is 10.2 Å². The van der Waals surface area contributed by atoms with E-state index in [9.17, 15) is 0 Å². The molecule has 0 aliphatic heterocycles. The second-order valence-electron chi connectivity index (χ2n) is 3.79. The molecule has 0 spiro atoms. The lowest BCUT2D eigenvalue weighted by atomic mass is 10.2. The van der Waals surface area contributed by atoms with Crippen LogP contribution in [0.5, 0.6) is 0 Å². The van der Waals surface area contributed by atoms with Gasteiger partial charge in [0.15, 0.2) is 0 Å². The van der Waals surface area contributed by atoms with E-state index in [4.69, 9.17) is 0 Å². The third-order valence-corrected chi connectivity index (χ3v) is 3.71. The summed E-state index contributed by atoms with van der Waals surface area (Å²) in [6, 6.07) is 6.40. The average molecular weight is 233 g/mol. The first-order chi connectivity index (χ1) is 7.77. The van der Waals surface area contributed by atoms with Gasteiger partial charge in [0.25, 0.3) is 0 Å². The van der Waals surface area contributed by atoms with Crippen molar-refractivity contribution in [3.8, 4) is 0 Å². The predicted molar refractivity (Wildman–Crippen MR) is 66.3 cm³/mol. The number of thiophene rings is 1. The largest absolute Gasteiger partial charge is 0.304 e. The standard InChI is InChI=1S/C12H15N3S/c1-9-5-7-16-12(9)10(2)13-8-11-4-3-6-14-15-11/h3-7,10,13H,8H2,1-2H3. The van der Waals surface area contributed by atoms with Crippen LogP contribution in [0, 0.1) is 6.92 Å². The van der Waals surface area contributed by atoms with Gasteiger partial charge in [-0.25, -0.2) is 0 Å². The molecule has 0 fully saturated rings. The van der Waals surface area contributed by atoms with Gasteiger partial charge in [-0.05, 0) is 43.0 Å². The van der Waals surface area contributed by atoms with Crippen LogP contribution in [0.2, 0.25) is 0 Å². The number of nitrogens with one attached hydrogen (secondary N) is 1. The van der Waals surface area contributed by atoms with Crippen molar-refractivity contribution >= 4 is 11.3 Å². The quantitative estimate of drug-likeness (QED) is 0.882. The number of aromatic nitrogens is 2. The normalized spacial score (nSPS) is 12.6. The van der Waals surface area contributed by atoms with E-state index in [2.05, 4.69) is 40.8 Å². The second-order valence-corrected chi connectivity index (χ2v) is 4.73. The van der Waals surface area contributed by atoms with Gasteiger partial charge >= 0.3 is 0 Å². The molecule has 0 aliphatic rings. The summed E-state index contributed by atoms with van der Waals surface area (Å²) >= 11 is 1.79. The fourth-order valence-electron chi connectivity index (χ4n) is 1.61. The van der Waals surface area contributed by atoms with Crippen LogP contribution in [0.3, 0.4) is 0 Å². The molecule has 0 amide bonds. The minimum Gasteiger partial charge on any atom is -0.304 e. The zero-order chi connectivity index (χ0) is 11.4. The van der Waals surface area contributed by atoms with Crippen molar-refractivity contribution < 1.29 is 0 Å². The van der Waals surface area contributed by atoms with E-state index in [-0.39, 0.29) is 0 Å². The molecule has 2 heterocycles. The maximum atomic E-state index is 4.05. The summed E-state index contributed by atoms with van der Waals surface area (Å²) < 4.78 is 0. The SMILES string of the molecule is Cc1ccsc1C(C)NCc1cccnn1. The first kappa shape index (κ1) is 11.2. The average Bonchev–Trinajstić information content (AvgIpc) is 2.74. The van der Waals surface area contributed by atoms with E-state index in [0.717, 1.165) is 12.2 Å². The fraction of sp³-hybridized carbons (Fsp3) is 0.333. The Kier molecular flexibility index (Phi) is 3.64. The molecule has 1 unspecified atom stereocenters. The van der Waals surface area contributed by atoms with Crippen LogP contribution >= 0.6 is 11.3 Å². The molecular weight excluding hydrogens is 218 g/mol. The molecule has 3 nitrogen and oxygen atoms in total. The Morgan fingerprint density at radius 1 is 1.44 bits per heavy atom. The molecule has 1 atom stereocenters. The lowest BCUT2D eigenvalue weighted by molar-refractivity contribution is 0.569. The monoisotopic (exact) mass is 233 g/mol. The van der Waals surface area contributed by atoms with Gasteiger partial charge in [0.05, 0.1) is 5.69 Å². The molecule has 0 aromatic carbocycles. The van der Waals surface area contributed by atoms with E-state index >= 15 is 0 Å². The number of rotatable bonds is 4. The zero-order valence-corrected chi connectivity index (χ0v) is 10.3. The first-order valence-corrected chi connectivity index (χ1v) is 6.19. The lowest BCUT2D eigenvalue weighted by Gasteiger charge is -2.12. The van der Waals surface area contributed by atoms with Gasteiger partial charge in [-0.3, -0.25) is 0 Å². The zero-order valence-electron chi connectivity index (χ0n) is 9.47. The van der Waals surface area contributed by atoms with Crippen LogP contribution in [0.1, 0.15) is 29.1 Å². The number of hydrogen-bond acceptors (Lipinski definition) is 4. The Labute approximate surface area is 99.5 Å². The minimum atomic E-state index is 0.363. The van der Waals surface area contributed by atoms with Crippen molar-refractivity contribution in [3.05, 3.63) is 45.9 Å². The van der Waals surface area contributed by atoms with E-state index in [1.54, 1.807) is 17.5 Å². The van der Waals surface area contributed by atoms with Crippen LogP contribution in [0.25, 0.3) is 0 Å². The highest BCUT2D eigenvalue weighted by Gasteiger charge is 2.09. The molecule has 0 saturated heterocycles. The minimum absolute atomic E-state index is 0.363. The lowest BCUT2D eigenvalue weighted by Crippen LogP contribution is -2.18. The fourth-order valence-corrected chi connectivity index (χ4v) is 2.57. The van der Waals surface area contributed by atoms with Gasteiger partial charge in [0, 0.05) is 23.7 Å². The van der Waals surface area contributed by atoms with Crippen molar-refractivity contribution in [1.29, 1.82) is 0 Å². The third-order valence-electron chi connectivity index (χ3n) is 2.51. The summed E-state index contributed by atoms with van der Waals surface area (Å²) in [6.07, 6.45) is 1.69. The molecule has 2 rings (SSSR count). The van der Waals surface area contributed by atoms with E-state index in [1.165, 1.54) is 10.4 Å². The molecular formula is C12H15N3S. The number of aryl methyl sites for hydroxylation is 1. The van der Waals surface area contributed by atoms with Crippen LogP contribution in [-0.2, 0) is 6.54 Å². The number of hydrogen-bond donors (Lipinski definition) is 1. The molecule has 16 heavy (non-hydrogen) atoms. The summed E-state index contributed by atoms with van der Waals surface area (Å²) in [4.78, 5) is 1.39. The number of nitrogens with zero attached hydrogens (tertiary/aromatic N) is 2. The van der Waals surface area contributed by atoms with E-state index in [1.807, 2.05) is 12.1 Å². The second kappa shape index (κ2) is 5.18. The van der Waals surface area contributed by atoms with Crippen molar-refractivity contribution in [1.82, 2.24) is 15.5 Å². The molecule has 1 N–H and O–H groups in total.